The Morgan fingerprint density at radius 2 is 0.837 bits per heavy atom. The first kappa shape index (κ1) is 27.9. The van der Waals surface area contributed by atoms with Gasteiger partial charge in [-0.3, -0.25) is 0 Å². The molecule has 228 valence electrons. The summed E-state index contributed by atoms with van der Waals surface area (Å²) in [7, 11) is 0. The molecule has 0 saturated carbocycles. The second-order valence-corrected chi connectivity index (χ2v) is 13.6. The van der Waals surface area contributed by atoms with Crippen LogP contribution in [-0.2, 0) is 0 Å². The van der Waals surface area contributed by atoms with Gasteiger partial charge in [-0.25, -0.2) is 9.97 Å². The van der Waals surface area contributed by atoms with Gasteiger partial charge in [-0.05, 0) is 78.8 Å². The molecule has 0 fully saturated rings. The Morgan fingerprint density at radius 3 is 1.55 bits per heavy atom. The highest BCUT2D eigenvalue weighted by Crippen LogP contribution is 2.42. The number of fused-ring (bicyclic) bond motifs is 9. The number of thiophene rings is 1. The fourth-order valence-corrected chi connectivity index (χ4v) is 8.40. The van der Waals surface area contributed by atoms with Crippen LogP contribution in [0.3, 0.4) is 0 Å². The zero-order valence-corrected chi connectivity index (χ0v) is 27.3. The van der Waals surface area contributed by atoms with Crippen LogP contribution < -0.4 is 0 Å². The molecule has 0 N–H and O–H groups in total. The number of hydrogen-bond acceptors (Lipinski definition) is 3. The van der Waals surface area contributed by atoms with Gasteiger partial charge in [-0.2, -0.15) is 0 Å². The Kier molecular flexibility index (Phi) is 6.39. The average molecular weight is 641 g/mol. The smallest absolute Gasteiger partial charge is 0.161 e. The topological polar surface area (TPSA) is 25.8 Å². The van der Waals surface area contributed by atoms with Crippen LogP contribution in [0.5, 0.6) is 0 Å². The van der Waals surface area contributed by atoms with Crippen molar-refractivity contribution in [3.8, 4) is 44.9 Å². The van der Waals surface area contributed by atoms with Gasteiger partial charge in [0.1, 0.15) is 4.83 Å². The summed E-state index contributed by atoms with van der Waals surface area (Å²) in [5.41, 5.74) is 7.79. The largest absolute Gasteiger partial charge is 0.227 e. The van der Waals surface area contributed by atoms with Crippen molar-refractivity contribution in [1.82, 2.24) is 9.97 Å². The van der Waals surface area contributed by atoms with Crippen LogP contribution in [-0.4, -0.2) is 9.97 Å². The number of aromatic nitrogens is 2. The molecule has 0 saturated heterocycles. The molecule has 8 aromatic carbocycles. The third kappa shape index (κ3) is 4.62. The molecule has 10 rings (SSSR count). The van der Waals surface area contributed by atoms with Crippen molar-refractivity contribution in [3.05, 3.63) is 170 Å². The van der Waals surface area contributed by atoms with E-state index in [2.05, 4.69) is 152 Å². The number of benzene rings is 8. The third-order valence-electron chi connectivity index (χ3n) is 9.68. The quantitative estimate of drug-likeness (QED) is 0.179. The van der Waals surface area contributed by atoms with Crippen molar-refractivity contribution in [2.45, 2.75) is 0 Å². The Balaban J connectivity index is 1.20. The van der Waals surface area contributed by atoms with Crippen LogP contribution in [0.2, 0.25) is 0 Å². The summed E-state index contributed by atoms with van der Waals surface area (Å²) in [6.45, 7) is 0. The average Bonchev–Trinajstić information content (AvgIpc) is 3.56. The summed E-state index contributed by atoms with van der Waals surface area (Å²) in [5.74, 6) is 0.743. The van der Waals surface area contributed by atoms with E-state index in [1.165, 1.54) is 59.1 Å². The Bertz CT molecular complexity index is 2840. The zero-order chi connectivity index (χ0) is 32.3. The minimum Gasteiger partial charge on any atom is -0.227 e. The monoisotopic (exact) mass is 640 g/mol. The molecule has 0 unspecified atom stereocenters. The Morgan fingerprint density at radius 1 is 0.327 bits per heavy atom. The van der Waals surface area contributed by atoms with Crippen LogP contribution >= 0.6 is 11.3 Å². The molecule has 49 heavy (non-hydrogen) atoms. The highest BCUT2D eigenvalue weighted by atomic mass is 32.1. The lowest BCUT2D eigenvalue weighted by Crippen LogP contribution is -1.94. The molecule has 0 amide bonds. The minimum atomic E-state index is 0.743. The van der Waals surface area contributed by atoms with E-state index >= 15 is 0 Å². The van der Waals surface area contributed by atoms with Gasteiger partial charge < -0.3 is 0 Å². The molecule has 3 heteroatoms. The molecule has 2 heterocycles. The number of hydrogen-bond donors (Lipinski definition) is 0. The van der Waals surface area contributed by atoms with Gasteiger partial charge >= 0.3 is 0 Å². The van der Waals surface area contributed by atoms with Crippen LogP contribution in [0.4, 0.5) is 0 Å². The summed E-state index contributed by atoms with van der Waals surface area (Å²) in [5, 5.41) is 9.97. The van der Waals surface area contributed by atoms with E-state index in [1.807, 2.05) is 18.2 Å². The first-order valence-electron chi connectivity index (χ1n) is 16.6. The number of rotatable bonds is 4. The van der Waals surface area contributed by atoms with Gasteiger partial charge in [0.15, 0.2) is 5.82 Å². The summed E-state index contributed by atoms with van der Waals surface area (Å²) in [6.07, 6.45) is 0. The van der Waals surface area contributed by atoms with Gasteiger partial charge in [0.2, 0.25) is 0 Å². The maximum Gasteiger partial charge on any atom is 0.161 e. The fourth-order valence-electron chi connectivity index (χ4n) is 7.34. The van der Waals surface area contributed by atoms with Gasteiger partial charge in [0.05, 0.1) is 5.69 Å². The summed E-state index contributed by atoms with van der Waals surface area (Å²) in [4.78, 5) is 11.5. The molecule has 2 nitrogen and oxygen atoms in total. The van der Waals surface area contributed by atoms with Crippen LogP contribution in [0, 0.1) is 0 Å². The van der Waals surface area contributed by atoms with Crippen LogP contribution in [0.1, 0.15) is 0 Å². The normalized spacial score (nSPS) is 11.7. The first-order valence-corrected chi connectivity index (χ1v) is 17.4. The minimum absolute atomic E-state index is 0.743. The van der Waals surface area contributed by atoms with Crippen LogP contribution in [0.25, 0.3) is 97.5 Å². The van der Waals surface area contributed by atoms with E-state index < -0.39 is 0 Å². The van der Waals surface area contributed by atoms with Gasteiger partial charge in [0, 0.05) is 26.6 Å². The van der Waals surface area contributed by atoms with Crippen molar-refractivity contribution >= 4 is 64.0 Å². The highest BCUT2D eigenvalue weighted by Gasteiger charge is 2.18. The van der Waals surface area contributed by atoms with E-state index in [4.69, 9.17) is 9.97 Å². The molecule has 0 atom stereocenters. The molecule has 0 aliphatic carbocycles. The lowest BCUT2D eigenvalue weighted by molar-refractivity contribution is 1.24. The lowest BCUT2D eigenvalue weighted by atomic mass is 9.91. The van der Waals surface area contributed by atoms with Crippen molar-refractivity contribution in [1.29, 1.82) is 0 Å². The van der Waals surface area contributed by atoms with Crippen LogP contribution in [0.15, 0.2) is 170 Å². The summed E-state index contributed by atoms with van der Waals surface area (Å²) < 4.78 is 1.21. The second kappa shape index (κ2) is 11.2. The van der Waals surface area contributed by atoms with Gasteiger partial charge in [-0.1, -0.05) is 146 Å². The Hall–Kier alpha value is -6.16. The highest BCUT2D eigenvalue weighted by molar-refractivity contribution is 7.25. The lowest BCUT2D eigenvalue weighted by Gasteiger charge is -2.13. The predicted octanol–water partition coefficient (Wildman–Crippen LogP) is 13.0. The van der Waals surface area contributed by atoms with E-state index in [0.29, 0.717) is 0 Å². The molecule has 0 aliphatic heterocycles. The summed E-state index contributed by atoms with van der Waals surface area (Å²) in [6, 6.07) is 60.9. The predicted molar refractivity (Wildman–Crippen MR) is 209 cm³/mol. The molecular formula is C46H28N2S. The van der Waals surface area contributed by atoms with Crippen molar-refractivity contribution < 1.29 is 0 Å². The zero-order valence-electron chi connectivity index (χ0n) is 26.5. The first-order chi connectivity index (χ1) is 24.3. The van der Waals surface area contributed by atoms with Gasteiger partial charge in [0.25, 0.3) is 0 Å². The van der Waals surface area contributed by atoms with Gasteiger partial charge in [-0.15, -0.1) is 11.3 Å². The van der Waals surface area contributed by atoms with Crippen molar-refractivity contribution in [3.63, 3.8) is 0 Å². The van der Waals surface area contributed by atoms with E-state index in [1.54, 1.807) is 11.3 Å². The fraction of sp³-hybridized carbons (Fsp3) is 0. The molecular weight excluding hydrogens is 613 g/mol. The standard InChI is InChI=1S/C46H28N2S/c1-3-12-29(13-4-1)32-23-25-42-41(28-32)43-44(47-45(48-46(43)49-42)30-14-5-2-6-15-30)34-17-11-16-31(26-34)33-22-24-39-37-20-8-7-18-35(37)36-19-9-10-21-38(36)40(39)27-33/h1-28H. The summed E-state index contributed by atoms with van der Waals surface area (Å²) >= 11 is 1.74. The molecule has 0 aliphatic rings. The molecule has 10 aromatic rings. The van der Waals surface area contributed by atoms with Crippen molar-refractivity contribution in [2.75, 3.05) is 0 Å². The SMILES string of the molecule is c1ccc(-c2ccc3sc4nc(-c5ccccc5)nc(-c5cccc(-c6ccc7c8ccccc8c8ccccc8c7c6)c5)c4c3c2)cc1. The van der Waals surface area contributed by atoms with E-state index in [0.717, 1.165) is 38.4 Å². The molecule has 0 spiro atoms. The molecule has 0 radical (unpaired) electrons. The van der Waals surface area contributed by atoms with E-state index in [-0.39, 0.29) is 0 Å². The van der Waals surface area contributed by atoms with E-state index in [9.17, 15) is 0 Å². The molecule has 0 bridgehead atoms. The molecule has 2 aromatic heterocycles. The third-order valence-corrected chi connectivity index (χ3v) is 10.7. The Labute approximate surface area is 287 Å². The maximum absolute atomic E-state index is 5.32. The maximum atomic E-state index is 5.32. The van der Waals surface area contributed by atoms with Crippen molar-refractivity contribution in [2.24, 2.45) is 0 Å². The second-order valence-electron chi connectivity index (χ2n) is 12.6. The number of nitrogens with zero attached hydrogens (tertiary/aromatic N) is 2.